The Hall–Kier alpha value is -3.55. The number of anilines is 2. The fourth-order valence-electron chi connectivity index (χ4n) is 3.32. The van der Waals surface area contributed by atoms with Gasteiger partial charge in [-0.2, -0.15) is 0 Å². The number of fused-ring (bicyclic) bond motifs is 1. The molecule has 0 atom stereocenters. The van der Waals surface area contributed by atoms with Crippen molar-refractivity contribution in [2.24, 2.45) is 0 Å². The molecule has 28 heavy (non-hydrogen) atoms. The second kappa shape index (κ2) is 7.22. The summed E-state index contributed by atoms with van der Waals surface area (Å²) in [6.45, 7) is 1.15. The topological polar surface area (TPSA) is 78.6 Å². The van der Waals surface area contributed by atoms with Gasteiger partial charge in [0.25, 0.3) is 0 Å². The standard InChI is InChI=1S/C20H20N4O4/c1-27-16-10-14(11-17(12-16)28-2)13-24-19(26)18(25)23-9-8-22(20(23)21-24)15-6-4-3-5-7-15/h3-7,10-12H,8-9,13H2,1-2H3. The number of aromatic nitrogens is 3. The van der Waals surface area contributed by atoms with Crippen molar-refractivity contribution in [3.63, 3.8) is 0 Å². The van der Waals surface area contributed by atoms with E-state index in [1.165, 1.54) is 9.25 Å². The number of hydrogen-bond acceptors (Lipinski definition) is 6. The normalized spacial score (nSPS) is 12.7. The summed E-state index contributed by atoms with van der Waals surface area (Å²) in [4.78, 5) is 27.1. The maximum atomic E-state index is 12.6. The highest BCUT2D eigenvalue weighted by molar-refractivity contribution is 5.58. The van der Waals surface area contributed by atoms with Gasteiger partial charge >= 0.3 is 11.1 Å². The first-order chi connectivity index (χ1) is 13.6. The van der Waals surface area contributed by atoms with Crippen LogP contribution < -0.4 is 25.5 Å². The number of rotatable bonds is 5. The molecule has 2 aromatic carbocycles. The maximum Gasteiger partial charge on any atom is 0.333 e. The van der Waals surface area contributed by atoms with Gasteiger partial charge in [-0.05, 0) is 29.8 Å². The Morgan fingerprint density at radius 3 is 2.25 bits per heavy atom. The van der Waals surface area contributed by atoms with Gasteiger partial charge < -0.3 is 14.4 Å². The van der Waals surface area contributed by atoms with Gasteiger partial charge in [-0.1, -0.05) is 18.2 Å². The molecule has 0 amide bonds. The van der Waals surface area contributed by atoms with Crippen LogP contribution >= 0.6 is 0 Å². The van der Waals surface area contributed by atoms with Crippen LogP contribution in [0.4, 0.5) is 11.6 Å². The number of nitrogens with zero attached hydrogens (tertiary/aromatic N) is 4. The Bertz CT molecular complexity index is 1100. The quantitative estimate of drug-likeness (QED) is 0.626. The Morgan fingerprint density at radius 2 is 1.61 bits per heavy atom. The summed E-state index contributed by atoms with van der Waals surface area (Å²) >= 11 is 0. The third-order valence-electron chi connectivity index (χ3n) is 4.71. The Kier molecular flexibility index (Phi) is 4.60. The fourth-order valence-corrected chi connectivity index (χ4v) is 3.32. The molecule has 0 bridgehead atoms. The molecule has 1 aliphatic heterocycles. The zero-order valence-electron chi connectivity index (χ0n) is 15.7. The summed E-state index contributed by atoms with van der Waals surface area (Å²) in [5, 5.41) is 4.49. The molecule has 0 spiro atoms. The van der Waals surface area contributed by atoms with E-state index in [1.807, 2.05) is 35.2 Å². The third-order valence-corrected chi connectivity index (χ3v) is 4.71. The van der Waals surface area contributed by atoms with E-state index in [9.17, 15) is 9.59 Å². The molecule has 8 nitrogen and oxygen atoms in total. The summed E-state index contributed by atoms with van der Waals surface area (Å²) in [6, 6.07) is 15.0. The summed E-state index contributed by atoms with van der Waals surface area (Å²) in [5.41, 5.74) is 0.451. The number of methoxy groups -OCH3 is 2. The van der Waals surface area contributed by atoms with Crippen LogP contribution in [-0.4, -0.2) is 35.1 Å². The molecule has 1 aliphatic rings. The molecule has 0 saturated heterocycles. The molecule has 0 fully saturated rings. The van der Waals surface area contributed by atoms with Crippen LogP contribution in [0.1, 0.15) is 5.56 Å². The Labute approximate surface area is 161 Å². The number of benzene rings is 2. The monoisotopic (exact) mass is 380 g/mol. The lowest BCUT2D eigenvalue weighted by molar-refractivity contribution is 0.393. The van der Waals surface area contributed by atoms with E-state index in [-0.39, 0.29) is 6.54 Å². The predicted molar refractivity (Wildman–Crippen MR) is 105 cm³/mol. The summed E-state index contributed by atoms with van der Waals surface area (Å²) in [7, 11) is 3.12. The summed E-state index contributed by atoms with van der Waals surface area (Å²) < 4.78 is 13.2. The van der Waals surface area contributed by atoms with Gasteiger partial charge in [0.2, 0.25) is 5.95 Å². The SMILES string of the molecule is COc1cc(Cn2nc3n(c(=O)c2=O)CCN3c2ccccc2)cc(OC)c1. The predicted octanol–water partition coefficient (Wildman–Crippen LogP) is 1.62. The Morgan fingerprint density at radius 1 is 0.929 bits per heavy atom. The first kappa shape index (κ1) is 17.8. The number of para-hydroxylation sites is 1. The summed E-state index contributed by atoms with van der Waals surface area (Å²) in [6.07, 6.45) is 0. The van der Waals surface area contributed by atoms with Crippen molar-refractivity contribution in [3.8, 4) is 11.5 Å². The van der Waals surface area contributed by atoms with Crippen LogP contribution in [-0.2, 0) is 13.1 Å². The van der Waals surface area contributed by atoms with E-state index in [2.05, 4.69) is 5.10 Å². The lowest BCUT2D eigenvalue weighted by Gasteiger charge is -2.18. The van der Waals surface area contributed by atoms with Gasteiger partial charge in [-0.3, -0.25) is 14.2 Å². The smallest absolute Gasteiger partial charge is 0.333 e. The molecule has 0 aliphatic carbocycles. The van der Waals surface area contributed by atoms with Crippen molar-refractivity contribution in [2.75, 3.05) is 25.7 Å². The summed E-state index contributed by atoms with van der Waals surface area (Å²) in [5.74, 6) is 1.67. The molecule has 8 heteroatoms. The molecule has 144 valence electrons. The molecule has 2 heterocycles. The van der Waals surface area contributed by atoms with Gasteiger partial charge in [0.1, 0.15) is 11.5 Å². The first-order valence-corrected chi connectivity index (χ1v) is 8.87. The van der Waals surface area contributed by atoms with E-state index in [0.717, 1.165) is 11.3 Å². The molecule has 4 rings (SSSR count). The van der Waals surface area contributed by atoms with Crippen molar-refractivity contribution in [3.05, 3.63) is 74.8 Å². The average Bonchev–Trinajstić information content (AvgIpc) is 3.16. The molecular formula is C20H20N4O4. The van der Waals surface area contributed by atoms with Crippen LogP contribution in [0, 0.1) is 0 Å². The molecule has 1 aromatic heterocycles. The molecule has 0 saturated carbocycles. The van der Waals surface area contributed by atoms with Crippen LogP contribution in [0.3, 0.4) is 0 Å². The highest BCUT2D eigenvalue weighted by Gasteiger charge is 2.25. The first-order valence-electron chi connectivity index (χ1n) is 8.87. The lowest BCUT2D eigenvalue weighted by atomic mass is 10.2. The van der Waals surface area contributed by atoms with Crippen LogP contribution in [0.5, 0.6) is 11.5 Å². The molecule has 0 radical (unpaired) electrons. The van der Waals surface area contributed by atoms with Gasteiger partial charge in [-0.15, -0.1) is 5.10 Å². The van der Waals surface area contributed by atoms with Crippen molar-refractivity contribution >= 4 is 11.6 Å². The second-order valence-electron chi connectivity index (χ2n) is 6.43. The molecule has 0 unspecified atom stereocenters. The van der Waals surface area contributed by atoms with E-state index in [0.29, 0.717) is 30.5 Å². The Balaban J connectivity index is 1.77. The van der Waals surface area contributed by atoms with Gasteiger partial charge in [0.05, 0.1) is 20.8 Å². The number of hydrogen-bond donors (Lipinski definition) is 0. The molecular weight excluding hydrogens is 360 g/mol. The second-order valence-corrected chi connectivity index (χ2v) is 6.43. The highest BCUT2D eigenvalue weighted by Crippen LogP contribution is 2.26. The van der Waals surface area contributed by atoms with Crippen molar-refractivity contribution in [2.45, 2.75) is 13.1 Å². The minimum absolute atomic E-state index is 0.137. The van der Waals surface area contributed by atoms with Gasteiger partial charge in [0.15, 0.2) is 0 Å². The molecule has 0 N–H and O–H groups in total. The zero-order valence-corrected chi connectivity index (χ0v) is 15.7. The van der Waals surface area contributed by atoms with Gasteiger partial charge in [0, 0.05) is 24.8 Å². The third kappa shape index (κ3) is 3.13. The van der Waals surface area contributed by atoms with E-state index in [4.69, 9.17) is 9.47 Å². The largest absolute Gasteiger partial charge is 0.497 e. The van der Waals surface area contributed by atoms with Crippen molar-refractivity contribution < 1.29 is 9.47 Å². The van der Waals surface area contributed by atoms with E-state index >= 15 is 0 Å². The minimum Gasteiger partial charge on any atom is -0.497 e. The lowest BCUT2D eigenvalue weighted by Crippen LogP contribution is -2.42. The van der Waals surface area contributed by atoms with Crippen molar-refractivity contribution in [1.82, 2.24) is 14.3 Å². The maximum absolute atomic E-state index is 12.6. The van der Waals surface area contributed by atoms with Gasteiger partial charge in [-0.25, -0.2) is 4.68 Å². The van der Waals surface area contributed by atoms with E-state index < -0.39 is 11.1 Å². The fraction of sp³-hybridized carbons (Fsp3) is 0.250. The zero-order chi connectivity index (χ0) is 19.7. The van der Waals surface area contributed by atoms with Crippen molar-refractivity contribution in [1.29, 1.82) is 0 Å². The van der Waals surface area contributed by atoms with Crippen LogP contribution in [0.25, 0.3) is 0 Å². The average molecular weight is 380 g/mol. The minimum atomic E-state index is -0.652. The molecule has 3 aromatic rings. The number of ether oxygens (including phenoxy) is 2. The van der Waals surface area contributed by atoms with Crippen LogP contribution in [0.15, 0.2) is 58.1 Å². The highest BCUT2D eigenvalue weighted by atomic mass is 16.5. The van der Waals surface area contributed by atoms with E-state index in [1.54, 1.807) is 32.4 Å². The van der Waals surface area contributed by atoms with Crippen LogP contribution in [0.2, 0.25) is 0 Å².